The molecule has 9 heteroatoms. The van der Waals surface area contributed by atoms with Gasteiger partial charge >= 0.3 is 5.97 Å². The molecule has 0 saturated carbocycles. The van der Waals surface area contributed by atoms with Crippen molar-refractivity contribution in [3.05, 3.63) is 92.2 Å². The number of hydrogen-bond donors (Lipinski definition) is 3. The summed E-state index contributed by atoms with van der Waals surface area (Å²) in [6.07, 6.45) is 0. The summed E-state index contributed by atoms with van der Waals surface area (Å²) in [6.45, 7) is 0. The van der Waals surface area contributed by atoms with E-state index in [1.54, 1.807) is 24.3 Å². The van der Waals surface area contributed by atoms with Gasteiger partial charge in [-0.1, -0.05) is 51.8 Å². The van der Waals surface area contributed by atoms with E-state index in [4.69, 9.17) is 11.6 Å². The molecule has 2 amide bonds. The Bertz CT molecular complexity index is 1390. The van der Waals surface area contributed by atoms with Gasteiger partial charge in [0.05, 0.1) is 16.3 Å². The molecule has 0 aliphatic carbocycles. The van der Waals surface area contributed by atoms with E-state index in [1.165, 1.54) is 29.5 Å². The standard InChI is InChI=1S/C23H14BrClN2O4S/c24-13-8-9-17(16(11-13)23(30)31)27-21(28)12-4-3-5-14(10-12)26-22(29)20-19(25)15-6-1-2-7-18(15)32-20/h1-11H,(H,26,29)(H,27,28)(H,30,31). The highest BCUT2D eigenvalue weighted by Gasteiger charge is 2.18. The number of nitrogens with one attached hydrogen (secondary N) is 2. The van der Waals surface area contributed by atoms with Crippen molar-refractivity contribution in [2.24, 2.45) is 0 Å². The average Bonchev–Trinajstić information content (AvgIpc) is 3.12. The number of hydrogen-bond acceptors (Lipinski definition) is 4. The highest BCUT2D eigenvalue weighted by Crippen LogP contribution is 2.35. The fourth-order valence-electron chi connectivity index (χ4n) is 3.08. The normalized spacial score (nSPS) is 10.7. The van der Waals surface area contributed by atoms with Crippen LogP contribution in [0.2, 0.25) is 5.02 Å². The second-order valence-corrected chi connectivity index (χ2v) is 9.07. The van der Waals surface area contributed by atoms with Gasteiger partial charge in [-0.2, -0.15) is 0 Å². The molecule has 0 fully saturated rings. The number of thiophene rings is 1. The maximum Gasteiger partial charge on any atom is 0.337 e. The summed E-state index contributed by atoms with van der Waals surface area (Å²) in [5.74, 6) is -2.05. The van der Waals surface area contributed by atoms with Crippen molar-refractivity contribution in [2.75, 3.05) is 10.6 Å². The largest absolute Gasteiger partial charge is 0.478 e. The van der Waals surface area contributed by atoms with Gasteiger partial charge in [-0.15, -0.1) is 11.3 Å². The fraction of sp³-hybridized carbons (Fsp3) is 0. The van der Waals surface area contributed by atoms with Crippen LogP contribution in [0.25, 0.3) is 10.1 Å². The molecule has 0 spiro atoms. The predicted molar refractivity (Wildman–Crippen MR) is 130 cm³/mol. The van der Waals surface area contributed by atoms with Crippen LogP contribution in [0, 0.1) is 0 Å². The minimum Gasteiger partial charge on any atom is -0.478 e. The molecule has 0 atom stereocenters. The van der Waals surface area contributed by atoms with Gasteiger partial charge in [-0.05, 0) is 42.5 Å². The third-order valence-corrected chi connectivity index (χ3v) is 6.75. The van der Waals surface area contributed by atoms with Gasteiger partial charge in [0.15, 0.2) is 0 Å². The third kappa shape index (κ3) is 4.52. The summed E-state index contributed by atoms with van der Waals surface area (Å²) >= 11 is 10.9. The molecule has 6 nitrogen and oxygen atoms in total. The zero-order chi connectivity index (χ0) is 22.8. The molecule has 1 aromatic heterocycles. The van der Waals surface area contributed by atoms with E-state index in [1.807, 2.05) is 24.3 Å². The number of fused-ring (bicyclic) bond motifs is 1. The SMILES string of the molecule is O=C(Nc1ccc(Br)cc1C(=O)O)c1cccc(NC(=O)c2sc3ccccc3c2Cl)c1. The smallest absolute Gasteiger partial charge is 0.337 e. The Hall–Kier alpha value is -3.20. The van der Waals surface area contributed by atoms with Crippen LogP contribution in [0.4, 0.5) is 11.4 Å². The molecule has 4 aromatic rings. The Kier molecular flexibility index (Phi) is 6.27. The van der Waals surface area contributed by atoms with Crippen LogP contribution in [0.3, 0.4) is 0 Å². The van der Waals surface area contributed by atoms with E-state index < -0.39 is 11.9 Å². The van der Waals surface area contributed by atoms with Gasteiger partial charge in [0.1, 0.15) is 4.88 Å². The highest BCUT2D eigenvalue weighted by atomic mass is 79.9. The number of carbonyl (C=O) groups is 3. The second-order valence-electron chi connectivity index (χ2n) is 6.73. The number of carbonyl (C=O) groups excluding carboxylic acids is 2. The Morgan fingerprint density at radius 1 is 0.906 bits per heavy atom. The number of carboxylic acid groups (broad SMARTS) is 1. The zero-order valence-corrected chi connectivity index (χ0v) is 19.3. The van der Waals surface area contributed by atoms with Gasteiger partial charge in [-0.3, -0.25) is 9.59 Å². The van der Waals surface area contributed by atoms with Crippen molar-refractivity contribution in [2.45, 2.75) is 0 Å². The molecular weight excluding hydrogens is 516 g/mol. The lowest BCUT2D eigenvalue weighted by Gasteiger charge is -2.10. The van der Waals surface area contributed by atoms with Crippen molar-refractivity contribution >= 4 is 78.1 Å². The molecular formula is C23H14BrClN2O4S. The number of rotatable bonds is 5. The first-order valence-corrected chi connectivity index (χ1v) is 11.2. The van der Waals surface area contributed by atoms with Crippen molar-refractivity contribution in [3.63, 3.8) is 0 Å². The number of amides is 2. The van der Waals surface area contributed by atoms with E-state index in [0.717, 1.165) is 10.1 Å². The first-order valence-electron chi connectivity index (χ1n) is 9.26. The van der Waals surface area contributed by atoms with Crippen LogP contribution < -0.4 is 10.6 Å². The van der Waals surface area contributed by atoms with Crippen molar-refractivity contribution in [1.29, 1.82) is 0 Å². The monoisotopic (exact) mass is 528 g/mol. The average molecular weight is 530 g/mol. The molecule has 3 aromatic carbocycles. The van der Waals surface area contributed by atoms with Gasteiger partial charge in [0, 0.05) is 25.8 Å². The molecule has 0 radical (unpaired) electrons. The molecule has 4 rings (SSSR count). The molecule has 0 aliphatic rings. The van der Waals surface area contributed by atoms with Crippen LogP contribution in [0.5, 0.6) is 0 Å². The fourth-order valence-corrected chi connectivity index (χ4v) is 4.86. The lowest BCUT2D eigenvalue weighted by molar-refractivity contribution is 0.0697. The van der Waals surface area contributed by atoms with Crippen LogP contribution in [-0.2, 0) is 0 Å². The quantitative estimate of drug-likeness (QED) is 0.274. The van der Waals surface area contributed by atoms with Gasteiger partial charge < -0.3 is 15.7 Å². The Morgan fingerprint density at radius 3 is 2.44 bits per heavy atom. The first kappa shape index (κ1) is 22.0. The van der Waals surface area contributed by atoms with E-state index in [2.05, 4.69) is 26.6 Å². The Balaban J connectivity index is 1.55. The van der Waals surface area contributed by atoms with E-state index >= 15 is 0 Å². The maximum atomic E-state index is 12.8. The summed E-state index contributed by atoms with van der Waals surface area (Å²) in [4.78, 5) is 37.3. The molecule has 0 unspecified atom stereocenters. The molecule has 0 aliphatic heterocycles. The Morgan fingerprint density at radius 2 is 1.69 bits per heavy atom. The van der Waals surface area contributed by atoms with Crippen molar-refractivity contribution in [3.8, 4) is 0 Å². The molecule has 1 heterocycles. The van der Waals surface area contributed by atoms with Gasteiger partial charge in [0.2, 0.25) is 0 Å². The number of benzene rings is 3. The number of anilines is 2. The highest BCUT2D eigenvalue weighted by molar-refractivity contribution is 9.10. The maximum absolute atomic E-state index is 12.8. The minimum absolute atomic E-state index is 0.0448. The van der Waals surface area contributed by atoms with Crippen LogP contribution >= 0.6 is 38.9 Å². The summed E-state index contributed by atoms with van der Waals surface area (Å²) in [7, 11) is 0. The molecule has 160 valence electrons. The predicted octanol–water partition coefficient (Wildman–Crippen LogP) is 6.52. The van der Waals surface area contributed by atoms with Crippen LogP contribution in [0.15, 0.2) is 71.2 Å². The molecule has 3 N–H and O–H groups in total. The van der Waals surface area contributed by atoms with Crippen LogP contribution in [0.1, 0.15) is 30.4 Å². The Labute approximate surface area is 200 Å². The van der Waals surface area contributed by atoms with Crippen molar-refractivity contribution in [1.82, 2.24) is 0 Å². The third-order valence-electron chi connectivity index (χ3n) is 4.58. The summed E-state index contributed by atoms with van der Waals surface area (Å²) < 4.78 is 1.48. The number of aromatic carboxylic acids is 1. The summed E-state index contributed by atoms with van der Waals surface area (Å²) in [5, 5.41) is 15.9. The van der Waals surface area contributed by atoms with Crippen LogP contribution in [-0.4, -0.2) is 22.9 Å². The topological polar surface area (TPSA) is 95.5 Å². The molecule has 0 saturated heterocycles. The van der Waals surface area contributed by atoms with Gasteiger partial charge in [0.25, 0.3) is 11.8 Å². The van der Waals surface area contributed by atoms with Gasteiger partial charge in [-0.25, -0.2) is 4.79 Å². The molecule has 32 heavy (non-hydrogen) atoms. The van der Waals surface area contributed by atoms with E-state index in [9.17, 15) is 19.5 Å². The molecule has 0 bridgehead atoms. The lowest BCUT2D eigenvalue weighted by atomic mass is 10.1. The van der Waals surface area contributed by atoms with E-state index in [-0.39, 0.29) is 22.7 Å². The summed E-state index contributed by atoms with van der Waals surface area (Å²) in [6, 6.07) is 18.4. The number of halogens is 2. The first-order chi connectivity index (χ1) is 15.3. The minimum atomic E-state index is -1.16. The zero-order valence-electron chi connectivity index (χ0n) is 16.2. The number of carboxylic acids is 1. The van der Waals surface area contributed by atoms with E-state index in [0.29, 0.717) is 20.1 Å². The lowest BCUT2D eigenvalue weighted by Crippen LogP contribution is -2.16. The summed E-state index contributed by atoms with van der Waals surface area (Å²) in [5.41, 5.74) is 0.781. The second kappa shape index (κ2) is 9.12. The van der Waals surface area contributed by atoms with Crippen molar-refractivity contribution < 1.29 is 19.5 Å².